The van der Waals surface area contributed by atoms with Crippen molar-refractivity contribution in [2.75, 3.05) is 0 Å². The topological polar surface area (TPSA) is 26.0 Å². The van der Waals surface area contributed by atoms with Crippen LogP contribution in [0.5, 0.6) is 0 Å². The van der Waals surface area contributed by atoms with Crippen molar-refractivity contribution < 1.29 is 0 Å². The van der Waals surface area contributed by atoms with Gasteiger partial charge < -0.3 is 0 Å². The van der Waals surface area contributed by atoms with Gasteiger partial charge in [0.25, 0.3) is 0 Å². The van der Waals surface area contributed by atoms with Crippen molar-refractivity contribution in [2.24, 2.45) is 3.95 Å². The highest BCUT2D eigenvalue weighted by Crippen LogP contribution is 2.09. The van der Waals surface area contributed by atoms with E-state index in [1.165, 1.54) is 3.57 Å². The van der Waals surface area contributed by atoms with E-state index in [2.05, 4.69) is 12.1 Å². The molecule has 2 heteroatoms. The predicted octanol–water partition coefficient (Wildman–Crippen LogP) is 1.70. The lowest BCUT2D eigenvalue weighted by atomic mass is 10.4. The Labute approximate surface area is 59.5 Å². The van der Waals surface area contributed by atoms with Crippen LogP contribution >= 0.6 is 21.5 Å². The molecule has 0 aliphatic heterocycles. The van der Waals surface area contributed by atoms with Crippen molar-refractivity contribution in [2.45, 2.75) is 0 Å². The monoisotopic (exact) mass is 220 g/mol. The van der Waals surface area contributed by atoms with Gasteiger partial charge in [0, 0.05) is 3.57 Å². The van der Waals surface area contributed by atoms with Crippen LogP contribution in [-0.2, 0) is 0 Å². The van der Waals surface area contributed by atoms with Crippen molar-refractivity contribution in [3.05, 3.63) is 33.9 Å². The van der Waals surface area contributed by atoms with E-state index in [1.807, 2.05) is 18.2 Å². The molecule has 0 heterocycles. The molecule has 0 amide bonds. The zero-order chi connectivity index (χ0) is 5.82. The molecule has 0 atom stereocenters. The van der Waals surface area contributed by atoms with Gasteiger partial charge >= 0.3 is 0 Å². The number of nitrogens with two attached hydrogens (primary N) is 1. The fraction of sp³-hybridized carbons (Fsp3) is 0. The smallest absolute Gasteiger partial charge is 0.0179 e. The first kappa shape index (κ1) is 6.04. The SMILES string of the molecule is N[I]c1ccccc1. The lowest BCUT2D eigenvalue weighted by molar-refractivity contribution is 1.65. The number of hydrogen-bond donors (Lipinski definition) is 1. The molecule has 0 fully saturated rings. The molecule has 1 radical (unpaired) electrons. The molecule has 8 heavy (non-hydrogen) atoms. The number of benzene rings is 1. The zero-order valence-corrected chi connectivity index (χ0v) is 6.50. The van der Waals surface area contributed by atoms with E-state index in [-0.39, 0.29) is 21.5 Å². The van der Waals surface area contributed by atoms with Gasteiger partial charge in [0.2, 0.25) is 0 Å². The Hall–Kier alpha value is -0.0900. The minimum atomic E-state index is -0.191. The average Bonchev–Trinajstić information content (AvgIpc) is 1.90. The first-order valence-corrected chi connectivity index (χ1v) is 4.64. The summed E-state index contributed by atoms with van der Waals surface area (Å²) in [5, 5.41) is 0. The summed E-state index contributed by atoms with van der Waals surface area (Å²) in [4.78, 5) is 0. The Morgan fingerprint density at radius 1 is 1.12 bits per heavy atom. The highest BCUT2D eigenvalue weighted by molar-refractivity contribution is 14.2. The van der Waals surface area contributed by atoms with E-state index in [1.54, 1.807) is 0 Å². The van der Waals surface area contributed by atoms with Crippen LogP contribution in [-0.4, -0.2) is 0 Å². The van der Waals surface area contributed by atoms with Crippen LogP contribution in [0.4, 0.5) is 0 Å². The molecule has 0 aliphatic rings. The lowest BCUT2D eigenvalue weighted by Crippen LogP contribution is -1.75. The molecule has 1 aromatic carbocycles. The summed E-state index contributed by atoms with van der Waals surface area (Å²) in [5.41, 5.74) is 0. The summed E-state index contributed by atoms with van der Waals surface area (Å²) >= 11 is -0.191. The molecule has 0 aliphatic carbocycles. The first-order valence-electron chi connectivity index (χ1n) is 2.32. The number of halogens is 1. The van der Waals surface area contributed by atoms with Crippen LogP contribution in [0.2, 0.25) is 0 Å². The van der Waals surface area contributed by atoms with Crippen LogP contribution in [0.1, 0.15) is 0 Å². The summed E-state index contributed by atoms with van der Waals surface area (Å²) in [7, 11) is 0. The highest BCUT2D eigenvalue weighted by atomic mass is 127. The van der Waals surface area contributed by atoms with Gasteiger partial charge in [-0.15, -0.1) is 0 Å². The van der Waals surface area contributed by atoms with Gasteiger partial charge in [-0.25, -0.2) is 0 Å². The van der Waals surface area contributed by atoms with Gasteiger partial charge in [-0.2, -0.15) is 0 Å². The second-order valence-electron chi connectivity index (χ2n) is 1.40. The second-order valence-corrected chi connectivity index (χ2v) is 3.27. The molecule has 1 nitrogen and oxygen atoms in total. The molecule has 0 spiro atoms. The van der Waals surface area contributed by atoms with Crippen molar-refractivity contribution in [3.8, 4) is 0 Å². The van der Waals surface area contributed by atoms with Gasteiger partial charge in [0.1, 0.15) is 0 Å². The molecular formula is C6H7IN. The number of hydrogen-bond acceptors (Lipinski definition) is 1. The maximum Gasteiger partial charge on any atom is 0.0179 e. The van der Waals surface area contributed by atoms with E-state index in [4.69, 9.17) is 3.95 Å². The third-order valence-electron chi connectivity index (χ3n) is 0.859. The molecule has 1 aromatic rings. The van der Waals surface area contributed by atoms with Gasteiger partial charge in [0.05, 0.1) is 0 Å². The molecule has 43 valence electrons. The summed E-state index contributed by atoms with van der Waals surface area (Å²) in [5.74, 6) is 0. The lowest BCUT2D eigenvalue weighted by Gasteiger charge is -1.88. The predicted molar refractivity (Wildman–Crippen MR) is 43.3 cm³/mol. The first-order chi connectivity index (χ1) is 3.93. The van der Waals surface area contributed by atoms with Crippen molar-refractivity contribution in [1.82, 2.24) is 0 Å². The summed E-state index contributed by atoms with van der Waals surface area (Å²) in [6.07, 6.45) is 0. The highest BCUT2D eigenvalue weighted by Gasteiger charge is 1.81. The van der Waals surface area contributed by atoms with E-state index in [0.717, 1.165) is 0 Å². The van der Waals surface area contributed by atoms with Gasteiger partial charge in [0.15, 0.2) is 0 Å². The maximum absolute atomic E-state index is 5.46. The van der Waals surface area contributed by atoms with Crippen LogP contribution in [0.3, 0.4) is 0 Å². The molecule has 0 aromatic heterocycles. The molecule has 2 N–H and O–H groups in total. The summed E-state index contributed by atoms with van der Waals surface area (Å²) in [6.45, 7) is 0. The Kier molecular flexibility index (Phi) is 2.29. The minimum Gasteiger partial charge on any atom is -0.279 e. The number of rotatable bonds is 1. The van der Waals surface area contributed by atoms with Gasteiger partial charge in [-0.3, -0.25) is 3.95 Å². The maximum atomic E-state index is 5.46. The molecular weight excluding hydrogens is 213 g/mol. The molecule has 0 bridgehead atoms. The van der Waals surface area contributed by atoms with Crippen molar-refractivity contribution in [1.29, 1.82) is 0 Å². The molecule has 0 unspecified atom stereocenters. The molecule has 1 rings (SSSR count). The molecule has 0 saturated carbocycles. The summed E-state index contributed by atoms with van der Waals surface area (Å²) in [6, 6.07) is 10.2. The molecule has 0 saturated heterocycles. The van der Waals surface area contributed by atoms with Crippen LogP contribution < -0.4 is 3.95 Å². The van der Waals surface area contributed by atoms with Crippen LogP contribution in [0.25, 0.3) is 0 Å². The standard InChI is InChI=1S/C6H7IN/c8-7-6-4-2-1-3-5-6/h1-5H,8H2. The summed E-state index contributed by atoms with van der Waals surface area (Å²) < 4.78 is 6.76. The van der Waals surface area contributed by atoms with Crippen molar-refractivity contribution in [3.63, 3.8) is 0 Å². The van der Waals surface area contributed by atoms with Gasteiger partial charge in [-0.05, 0) is 33.6 Å². The Morgan fingerprint density at radius 2 is 1.75 bits per heavy atom. The zero-order valence-electron chi connectivity index (χ0n) is 4.34. The second kappa shape index (κ2) is 3.04. The van der Waals surface area contributed by atoms with Crippen molar-refractivity contribution >= 4 is 21.5 Å². The normalized spacial score (nSPS) is 9.12. The fourth-order valence-electron chi connectivity index (χ4n) is 0.487. The Balaban J connectivity index is 2.83. The quantitative estimate of drug-likeness (QED) is 0.565. The van der Waals surface area contributed by atoms with E-state index in [9.17, 15) is 0 Å². The van der Waals surface area contributed by atoms with E-state index < -0.39 is 0 Å². The van der Waals surface area contributed by atoms with Crippen LogP contribution in [0.15, 0.2) is 30.3 Å². The van der Waals surface area contributed by atoms with Crippen LogP contribution in [0, 0.1) is 3.57 Å². The third-order valence-corrected chi connectivity index (χ3v) is 2.30. The average molecular weight is 220 g/mol. The van der Waals surface area contributed by atoms with E-state index in [0.29, 0.717) is 0 Å². The third kappa shape index (κ3) is 1.45. The Bertz CT molecular complexity index is 150. The largest absolute Gasteiger partial charge is 0.279 e. The Morgan fingerprint density at radius 3 is 2.12 bits per heavy atom. The minimum absolute atomic E-state index is 0.191. The van der Waals surface area contributed by atoms with Gasteiger partial charge in [-0.1, -0.05) is 18.2 Å². The van der Waals surface area contributed by atoms with E-state index >= 15 is 0 Å². The fourth-order valence-corrected chi connectivity index (χ4v) is 1.32.